The molecule has 0 spiro atoms. The maximum absolute atomic E-state index is 11.5. The number of rotatable bonds is 4. The van der Waals surface area contributed by atoms with Crippen LogP contribution in [0, 0.1) is 5.21 Å². The van der Waals surface area contributed by atoms with Gasteiger partial charge in [-0.3, -0.25) is 0 Å². The molecule has 0 saturated carbocycles. The van der Waals surface area contributed by atoms with E-state index in [1.165, 1.54) is 5.01 Å². The fourth-order valence-corrected chi connectivity index (χ4v) is 2.16. The lowest BCUT2D eigenvalue weighted by atomic mass is 9.99. The number of aliphatic hydroxyl groups excluding tert-OH is 4. The summed E-state index contributed by atoms with van der Waals surface area (Å²) in [5.74, 6) is 0. The van der Waals surface area contributed by atoms with Crippen LogP contribution in [0.4, 0.5) is 0 Å². The normalized spacial score (nSPS) is 39.1. The van der Waals surface area contributed by atoms with Crippen LogP contribution in [-0.4, -0.2) is 80.8 Å². The molecular formula is C10H19N3O7. The lowest BCUT2D eigenvalue weighted by Crippen LogP contribution is -2.58. The number of hydrogen-bond donors (Lipinski definition) is 4. The quantitative estimate of drug-likeness (QED) is 0.257. The molecule has 116 valence electrons. The van der Waals surface area contributed by atoms with E-state index in [2.05, 4.69) is 5.28 Å². The van der Waals surface area contributed by atoms with Crippen molar-refractivity contribution in [2.45, 2.75) is 43.5 Å². The van der Waals surface area contributed by atoms with Crippen LogP contribution in [-0.2, 0) is 9.57 Å². The maximum atomic E-state index is 11.5. The van der Waals surface area contributed by atoms with Crippen LogP contribution in [0.2, 0.25) is 0 Å². The molecule has 2 heterocycles. The smallest absolute Gasteiger partial charge is 0.262 e. The zero-order valence-electron chi connectivity index (χ0n) is 10.8. The summed E-state index contributed by atoms with van der Waals surface area (Å²) < 4.78 is 5.03. The molecule has 0 bridgehead atoms. The maximum Gasteiger partial charge on any atom is 0.262 e. The Kier molecular flexibility index (Phi) is 4.94. The Labute approximate surface area is 115 Å². The molecule has 2 saturated heterocycles. The minimum atomic E-state index is -1.58. The third-order valence-electron chi connectivity index (χ3n) is 3.39. The topological polar surface area (TPSA) is 141 Å². The van der Waals surface area contributed by atoms with Gasteiger partial charge in [0, 0.05) is 0 Å². The standard InChI is InChI=1S/C10H19N3O7/c14-5-6-7(15)8(16)9(17)10(19-6)20-11-13(18)12-3-1-2-4-12/h6-10,14-17H,1-5H2/b13-11-/t6-,7+,8+,9-,10+/m1/s1. The Bertz CT molecular complexity index is 348. The number of hydrazine groups is 1. The highest BCUT2D eigenvalue weighted by Crippen LogP contribution is 2.22. The van der Waals surface area contributed by atoms with Crippen molar-refractivity contribution in [3.63, 3.8) is 0 Å². The number of hydrogen-bond acceptors (Lipinski definition) is 8. The zero-order chi connectivity index (χ0) is 14.7. The first-order valence-electron chi connectivity index (χ1n) is 6.44. The van der Waals surface area contributed by atoms with Gasteiger partial charge in [0.1, 0.15) is 24.4 Å². The second-order valence-electron chi connectivity index (χ2n) is 4.80. The summed E-state index contributed by atoms with van der Waals surface area (Å²) in [7, 11) is 0. The van der Waals surface area contributed by atoms with Gasteiger partial charge < -0.3 is 35.2 Å². The van der Waals surface area contributed by atoms with Crippen molar-refractivity contribution in [3.05, 3.63) is 5.21 Å². The van der Waals surface area contributed by atoms with Crippen molar-refractivity contribution in [2.75, 3.05) is 19.7 Å². The highest BCUT2D eigenvalue weighted by Gasteiger charge is 2.45. The molecule has 0 amide bonds. The molecule has 10 nitrogen and oxygen atoms in total. The average Bonchev–Trinajstić information content (AvgIpc) is 2.98. The van der Waals surface area contributed by atoms with Gasteiger partial charge in [-0.05, 0) is 12.8 Å². The molecule has 20 heavy (non-hydrogen) atoms. The van der Waals surface area contributed by atoms with Crippen LogP contribution < -0.4 is 0 Å². The van der Waals surface area contributed by atoms with Gasteiger partial charge in [-0.25, -0.2) is 0 Å². The van der Waals surface area contributed by atoms with E-state index in [0.29, 0.717) is 13.1 Å². The van der Waals surface area contributed by atoms with E-state index < -0.39 is 37.3 Å². The van der Waals surface area contributed by atoms with Gasteiger partial charge in [-0.2, -0.15) is 0 Å². The predicted octanol–water partition coefficient (Wildman–Crippen LogP) is -2.31. The Morgan fingerprint density at radius 1 is 1.20 bits per heavy atom. The zero-order valence-corrected chi connectivity index (χ0v) is 10.8. The van der Waals surface area contributed by atoms with Crippen LogP contribution in [0.5, 0.6) is 0 Å². The van der Waals surface area contributed by atoms with Crippen molar-refractivity contribution >= 4 is 0 Å². The number of nitrogens with zero attached hydrogens (tertiary/aromatic N) is 3. The first-order valence-corrected chi connectivity index (χ1v) is 6.44. The summed E-state index contributed by atoms with van der Waals surface area (Å²) in [5.41, 5.74) is 0. The van der Waals surface area contributed by atoms with E-state index in [1.807, 2.05) is 0 Å². The third-order valence-corrected chi connectivity index (χ3v) is 3.39. The molecule has 2 aliphatic heterocycles. The monoisotopic (exact) mass is 293 g/mol. The fourth-order valence-electron chi connectivity index (χ4n) is 2.16. The largest absolute Gasteiger partial charge is 0.569 e. The van der Waals surface area contributed by atoms with Gasteiger partial charge in [0.15, 0.2) is 0 Å². The summed E-state index contributed by atoms with van der Waals surface area (Å²) in [6.45, 7) is 0.550. The van der Waals surface area contributed by atoms with Crippen LogP contribution in [0.15, 0.2) is 5.28 Å². The Hall–Kier alpha value is -1.20. The predicted molar refractivity (Wildman–Crippen MR) is 61.7 cm³/mol. The summed E-state index contributed by atoms with van der Waals surface area (Å²) >= 11 is 0. The summed E-state index contributed by atoms with van der Waals surface area (Å²) in [6, 6.07) is 0. The van der Waals surface area contributed by atoms with Crippen molar-refractivity contribution in [2.24, 2.45) is 5.28 Å². The molecule has 0 aliphatic carbocycles. The summed E-state index contributed by atoms with van der Waals surface area (Å²) in [5, 5.41) is 54.0. The lowest BCUT2D eigenvalue weighted by molar-refractivity contribution is -0.710. The minimum absolute atomic E-state index is 0.258. The molecule has 10 heteroatoms. The SMILES string of the molecule is [O-]/[N+](=N\O[C@@H]1O[C@H](CO)[C@H](O)[C@H](O)[C@H]1O)N1CCCC1. The van der Waals surface area contributed by atoms with E-state index >= 15 is 0 Å². The molecule has 2 aliphatic rings. The molecule has 0 aromatic rings. The van der Waals surface area contributed by atoms with Crippen LogP contribution in [0.1, 0.15) is 12.8 Å². The molecule has 2 fully saturated rings. The van der Waals surface area contributed by atoms with E-state index in [9.17, 15) is 20.5 Å². The van der Waals surface area contributed by atoms with Gasteiger partial charge in [0.05, 0.1) is 24.7 Å². The van der Waals surface area contributed by atoms with E-state index in [-0.39, 0.29) is 4.97 Å². The summed E-state index contributed by atoms with van der Waals surface area (Å²) in [4.78, 5) is 5.02. The van der Waals surface area contributed by atoms with E-state index in [0.717, 1.165) is 12.8 Å². The molecule has 0 aromatic heterocycles. The Balaban J connectivity index is 1.95. The van der Waals surface area contributed by atoms with Gasteiger partial charge >= 0.3 is 0 Å². The Morgan fingerprint density at radius 3 is 2.45 bits per heavy atom. The van der Waals surface area contributed by atoms with Crippen molar-refractivity contribution in [3.8, 4) is 0 Å². The molecule has 0 aromatic carbocycles. The van der Waals surface area contributed by atoms with Gasteiger partial charge in [0.25, 0.3) is 6.29 Å². The van der Waals surface area contributed by atoms with Gasteiger partial charge in [-0.1, -0.05) is 0 Å². The van der Waals surface area contributed by atoms with Gasteiger partial charge in [-0.15, -0.1) is 5.01 Å². The van der Waals surface area contributed by atoms with Crippen LogP contribution in [0.25, 0.3) is 0 Å². The van der Waals surface area contributed by atoms with E-state index in [1.54, 1.807) is 0 Å². The molecule has 0 radical (unpaired) electrons. The van der Waals surface area contributed by atoms with Crippen molar-refractivity contribution in [1.29, 1.82) is 0 Å². The fraction of sp³-hybridized carbons (Fsp3) is 1.00. The molecule has 2 rings (SSSR count). The van der Waals surface area contributed by atoms with Gasteiger partial charge in [0.2, 0.25) is 5.28 Å². The van der Waals surface area contributed by atoms with Crippen molar-refractivity contribution < 1.29 is 35.0 Å². The average molecular weight is 293 g/mol. The highest BCUT2D eigenvalue weighted by atomic mass is 16.8. The van der Waals surface area contributed by atoms with Crippen molar-refractivity contribution in [1.82, 2.24) is 5.01 Å². The first-order chi connectivity index (χ1) is 9.54. The number of ether oxygens (including phenoxy) is 1. The second-order valence-corrected chi connectivity index (χ2v) is 4.80. The highest BCUT2D eigenvalue weighted by molar-refractivity contribution is 4.88. The Morgan fingerprint density at radius 2 is 1.85 bits per heavy atom. The minimum Gasteiger partial charge on any atom is -0.569 e. The van der Waals surface area contributed by atoms with Crippen LogP contribution >= 0.6 is 0 Å². The summed E-state index contributed by atoms with van der Waals surface area (Å²) in [6.07, 6.45) is -5.39. The van der Waals surface area contributed by atoms with E-state index in [4.69, 9.17) is 14.7 Å². The number of aliphatic hydroxyl groups is 4. The second kappa shape index (κ2) is 6.50. The lowest BCUT2D eigenvalue weighted by Gasteiger charge is -2.37. The molecular weight excluding hydrogens is 274 g/mol. The third kappa shape index (κ3) is 3.10. The molecule has 5 atom stereocenters. The molecule has 4 N–H and O–H groups in total. The van der Waals surface area contributed by atoms with Crippen LogP contribution in [0.3, 0.4) is 0 Å². The molecule has 0 unspecified atom stereocenters. The first kappa shape index (κ1) is 15.2.